The number of imidazole rings is 1. The number of allylic oxidation sites excluding steroid dienone is 3. The van der Waals surface area contributed by atoms with Crippen molar-refractivity contribution in [2.45, 2.75) is 33.2 Å². The van der Waals surface area contributed by atoms with Crippen LogP contribution in [0.1, 0.15) is 25.6 Å². The van der Waals surface area contributed by atoms with Crippen molar-refractivity contribution >= 4 is 11.0 Å². The Morgan fingerprint density at radius 2 is 2.17 bits per heavy atom. The molecule has 0 aliphatic rings. The Balaban J connectivity index is 2.21. The van der Waals surface area contributed by atoms with Crippen LogP contribution < -0.4 is 0 Å². The molecule has 0 aliphatic carbocycles. The van der Waals surface area contributed by atoms with E-state index in [4.69, 9.17) is 0 Å². The molecule has 0 unspecified atom stereocenters. The lowest BCUT2D eigenvalue weighted by atomic mass is 10.1. The Morgan fingerprint density at radius 1 is 1.39 bits per heavy atom. The fraction of sp³-hybridized carbons (Fsp3) is 0.312. The zero-order chi connectivity index (χ0) is 13.0. The van der Waals surface area contributed by atoms with Crippen LogP contribution in [0.5, 0.6) is 0 Å². The van der Waals surface area contributed by atoms with Gasteiger partial charge in [0.05, 0.1) is 11.0 Å². The summed E-state index contributed by atoms with van der Waals surface area (Å²) in [5.41, 5.74) is 3.70. The number of hydrogen-bond donors (Lipinski definition) is 0. The minimum absolute atomic E-state index is 0.898. The lowest BCUT2D eigenvalue weighted by Crippen LogP contribution is -1.98. The number of aryl methyl sites for hydroxylation is 1. The Morgan fingerprint density at radius 3 is 2.94 bits per heavy atom. The standard InChI is InChI=1S/C16H20N2/c1-4-5-8-13(2)11-12-18-14(3)17-15-9-6-7-10-16(15)18/h4,6-7,9-11H,1,5,8,12H2,2-3H3/b13-11+. The smallest absolute Gasteiger partial charge is 0.107 e. The van der Waals surface area contributed by atoms with Gasteiger partial charge < -0.3 is 4.57 Å². The quantitative estimate of drug-likeness (QED) is 0.714. The monoisotopic (exact) mass is 240 g/mol. The second-order valence-electron chi connectivity index (χ2n) is 4.64. The van der Waals surface area contributed by atoms with Gasteiger partial charge in [-0.25, -0.2) is 4.98 Å². The first kappa shape index (κ1) is 12.6. The Bertz CT molecular complexity index is 576. The summed E-state index contributed by atoms with van der Waals surface area (Å²) >= 11 is 0. The largest absolute Gasteiger partial charge is 0.324 e. The number of rotatable bonds is 5. The second kappa shape index (κ2) is 5.67. The second-order valence-corrected chi connectivity index (χ2v) is 4.64. The number of para-hydroxylation sites is 2. The highest BCUT2D eigenvalue weighted by Crippen LogP contribution is 2.16. The van der Waals surface area contributed by atoms with Crippen LogP contribution in [0.25, 0.3) is 11.0 Å². The summed E-state index contributed by atoms with van der Waals surface area (Å²) < 4.78 is 2.26. The maximum atomic E-state index is 4.57. The highest BCUT2D eigenvalue weighted by Gasteiger charge is 2.04. The van der Waals surface area contributed by atoms with Crippen molar-refractivity contribution in [3.8, 4) is 0 Å². The van der Waals surface area contributed by atoms with E-state index in [1.54, 1.807) is 0 Å². The van der Waals surface area contributed by atoms with Crippen LogP contribution in [-0.4, -0.2) is 9.55 Å². The molecule has 0 bridgehead atoms. The summed E-state index contributed by atoms with van der Waals surface area (Å²) in [7, 11) is 0. The Kier molecular flexibility index (Phi) is 3.98. The fourth-order valence-electron chi connectivity index (χ4n) is 2.11. The molecule has 0 saturated heterocycles. The third-order valence-electron chi connectivity index (χ3n) is 3.21. The van der Waals surface area contributed by atoms with E-state index in [9.17, 15) is 0 Å². The van der Waals surface area contributed by atoms with Crippen molar-refractivity contribution in [3.05, 3.63) is 54.4 Å². The molecule has 2 nitrogen and oxygen atoms in total. The van der Waals surface area contributed by atoms with E-state index in [0.29, 0.717) is 0 Å². The van der Waals surface area contributed by atoms with Crippen LogP contribution in [0.2, 0.25) is 0 Å². The van der Waals surface area contributed by atoms with Crippen molar-refractivity contribution in [2.24, 2.45) is 0 Å². The van der Waals surface area contributed by atoms with Crippen molar-refractivity contribution in [1.82, 2.24) is 9.55 Å². The van der Waals surface area contributed by atoms with Crippen LogP contribution in [0.3, 0.4) is 0 Å². The minimum atomic E-state index is 0.898. The highest BCUT2D eigenvalue weighted by molar-refractivity contribution is 5.75. The molecule has 0 saturated carbocycles. The first-order valence-corrected chi connectivity index (χ1v) is 6.40. The van der Waals surface area contributed by atoms with Crippen molar-refractivity contribution in [1.29, 1.82) is 0 Å². The van der Waals surface area contributed by atoms with Gasteiger partial charge in [0.15, 0.2) is 0 Å². The van der Waals surface area contributed by atoms with Gasteiger partial charge in [-0.3, -0.25) is 0 Å². The molecule has 2 heteroatoms. The van der Waals surface area contributed by atoms with E-state index in [1.807, 2.05) is 12.1 Å². The highest BCUT2D eigenvalue weighted by atomic mass is 15.1. The molecule has 0 aliphatic heterocycles. The first-order valence-electron chi connectivity index (χ1n) is 6.40. The number of nitrogens with zero attached hydrogens (tertiary/aromatic N) is 2. The maximum Gasteiger partial charge on any atom is 0.107 e. The first-order chi connectivity index (χ1) is 8.72. The SMILES string of the molecule is C=CCC/C(C)=C/Cn1c(C)nc2ccccc21. The Hall–Kier alpha value is -1.83. The predicted molar refractivity (Wildman–Crippen MR) is 77.7 cm³/mol. The molecular weight excluding hydrogens is 220 g/mol. The summed E-state index contributed by atoms with van der Waals surface area (Å²) in [6.07, 6.45) is 6.39. The molecule has 0 amide bonds. The van der Waals surface area contributed by atoms with Crippen LogP contribution in [0.15, 0.2) is 48.6 Å². The van der Waals surface area contributed by atoms with E-state index in [-0.39, 0.29) is 0 Å². The number of fused-ring (bicyclic) bond motifs is 1. The van der Waals surface area contributed by atoms with E-state index in [1.165, 1.54) is 11.1 Å². The molecule has 1 aromatic carbocycles. The average Bonchev–Trinajstić information content (AvgIpc) is 2.69. The maximum absolute atomic E-state index is 4.57. The van der Waals surface area contributed by atoms with Gasteiger partial charge in [0.2, 0.25) is 0 Å². The molecule has 1 heterocycles. The normalized spacial score (nSPS) is 12.0. The van der Waals surface area contributed by atoms with Gasteiger partial charge in [-0.2, -0.15) is 0 Å². The summed E-state index contributed by atoms with van der Waals surface area (Å²) in [5, 5.41) is 0. The lowest BCUT2D eigenvalue weighted by Gasteiger charge is -2.04. The van der Waals surface area contributed by atoms with Gasteiger partial charge in [-0.1, -0.05) is 29.9 Å². The van der Waals surface area contributed by atoms with E-state index < -0.39 is 0 Å². The van der Waals surface area contributed by atoms with Crippen LogP contribution >= 0.6 is 0 Å². The van der Waals surface area contributed by atoms with E-state index in [2.05, 4.69) is 54.3 Å². The van der Waals surface area contributed by atoms with Gasteiger partial charge in [0, 0.05) is 6.54 Å². The number of benzene rings is 1. The molecule has 0 fully saturated rings. The van der Waals surface area contributed by atoms with Crippen LogP contribution in [-0.2, 0) is 6.54 Å². The number of hydrogen-bond acceptors (Lipinski definition) is 1. The van der Waals surface area contributed by atoms with E-state index >= 15 is 0 Å². The fourth-order valence-corrected chi connectivity index (χ4v) is 2.11. The zero-order valence-electron chi connectivity index (χ0n) is 11.2. The summed E-state index contributed by atoms with van der Waals surface area (Å²) in [6.45, 7) is 8.89. The predicted octanol–water partition coefficient (Wildman–Crippen LogP) is 4.26. The summed E-state index contributed by atoms with van der Waals surface area (Å²) in [5.74, 6) is 1.07. The van der Waals surface area contributed by atoms with Crippen LogP contribution in [0.4, 0.5) is 0 Å². The minimum Gasteiger partial charge on any atom is -0.324 e. The van der Waals surface area contributed by atoms with E-state index in [0.717, 1.165) is 30.7 Å². The van der Waals surface area contributed by atoms with Gasteiger partial charge in [0.25, 0.3) is 0 Å². The third-order valence-corrected chi connectivity index (χ3v) is 3.21. The lowest BCUT2D eigenvalue weighted by molar-refractivity contribution is 0.794. The summed E-state index contributed by atoms with van der Waals surface area (Å²) in [4.78, 5) is 4.57. The average molecular weight is 240 g/mol. The van der Waals surface area contributed by atoms with Crippen molar-refractivity contribution in [2.75, 3.05) is 0 Å². The van der Waals surface area contributed by atoms with Gasteiger partial charge in [0.1, 0.15) is 5.82 Å². The molecule has 2 rings (SSSR count). The molecule has 94 valence electrons. The van der Waals surface area contributed by atoms with Crippen LogP contribution in [0, 0.1) is 6.92 Å². The van der Waals surface area contributed by atoms with Gasteiger partial charge in [-0.05, 0) is 38.8 Å². The number of aromatic nitrogens is 2. The molecule has 1 aromatic heterocycles. The van der Waals surface area contributed by atoms with Gasteiger partial charge in [-0.15, -0.1) is 6.58 Å². The zero-order valence-corrected chi connectivity index (χ0v) is 11.2. The molecule has 2 aromatic rings. The van der Waals surface area contributed by atoms with Crippen molar-refractivity contribution < 1.29 is 0 Å². The molecule has 18 heavy (non-hydrogen) atoms. The molecule has 0 radical (unpaired) electrons. The Labute approximate surface area is 109 Å². The molecule has 0 N–H and O–H groups in total. The van der Waals surface area contributed by atoms with Crippen molar-refractivity contribution in [3.63, 3.8) is 0 Å². The molecule has 0 atom stereocenters. The molecular formula is C16H20N2. The topological polar surface area (TPSA) is 17.8 Å². The molecule has 0 spiro atoms. The summed E-state index contributed by atoms with van der Waals surface area (Å²) in [6, 6.07) is 8.29. The third kappa shape index (κ3) is 2.70. The van der Waals surface area contributed by atoms with Gasteiger partial charge >= 0.3 is 0 Å².